The second-order valence-electron chi connectivity index (χ2n) is 4.07. The molecule has 2 aromatic carbocycles. The second kappa shape index (κ2) is 6.38. The van der Waals surface area contributed by atoms with Crippen molar-refractivity contribution in [2.24, 2.45) is 0 Å². The van der Waals surface area contributed by atoms with Gasteiger partial charge in [-0.05, 0) is 29.8 Å². The highest BCUT2D eigenvalue weighted by Gasteiger charge is 2.20. The summed E-state index contributed by atoms with van der Waals surface area (Å²) in [5, 5.41) is 9.26. The van der Waals surface area contributed by atoms with Crippen molar-refractivity contribution in [1.29, 1.82) is 0 Å². The van der Waals surface area contributed by atoms with Crippen molar-refractivity contribution in [1.82, 2.24) is 0 Å². The maximum absolute atomic E-state index is 11.3. The highest BCUT2D eigenvalue weighted by molar-refractivity contribution is 9.10. The molecular weight excluding hydrogens is 308 g/mol. The molecule has 0 saturated heterocycles. The highest BCUT2D eigenvalue weighted by Crippen LogP contribution is 2.20. The maximum Gasteiger partial charge on any atom is 0.314 e. The lowest BCUT2D eigenvalue weighted by Gasteiger charge is -2.14. The molecule has 3 nitrogen and oxygen atoms in total. The Morgan fingerprint density at radius 1 is 1.11 bits per heavy atom. The minimum absolute atomic E-state index is 0.112. The van der Waals surface area contributed by atoms with Crippen molar-refractivity contribution < 1.29 is 14.6 Å². The van der Waals surface area contributed by atoms with Crippen molar-refractivity contribution in [2.75, 3.05) is 6.61 Å². The summed E-state index contributed by atoms with van der Waals surface area (Å²) < 4.78 is 6.49. The Kier molecular flexibility index (Phi) is 4.58. The zero-order chi connectivity index (χ0) is 13.7. The number of ether oxygens (including phenoxy) is 1. The van der Waals surface area contributed by atoms with E-state index in [0.717, 1.165) is 10.0 Å². The monoisotopic (exact) mass is 320 g/mol. The number of hydrogen-bond acceptors (Lipinski definition) is 2. The average molecular weight is 321 g/mol. The summed E-state index contributed by atoms with van der Waals surface area (Å²) in [4.78, 5) is 11.3. The first kappa shape index (κ1) is 13.6. The molecule has 0 aromatic heterocycles. The van der Waals surface area contributed by atoms with Crippen molar-refractivity contribution in [3.8, 4) is 5.75 Å². The van der Waals surface area contributed by atoms with E-state index in [1.54, 1.807) is 24.3 Å². The molecule has 0 bridgehead atoms. The third-order valence-electron chi connectivity index (χ3n) is 2.73. The van der Waals surface area contributed by atoms with Crippen molar-refractivity contribution in [3.63, 3.8) is 0 Å². The summed E-state index contributed by atoms with van der Waals surface area (Å²) in [6.07, 6.45) is 0. The van der Waals surface area contributed by atoms with Crippen LogP contribution in [0.4, 0.5) is 0 Å². The van der Waals surface area contributed by atoms with Crippen LogP contribution < -0.4 is 4.74 Å². The molecule has 0 fully saturated rings. The fourth-order valence-corrected chi connectivity index (χ4v) is 1.97. The van der Waals surface area contributed by atoms with Crippen LogP contribution in [-0.4, -0.2) is 17.7 Å². The number of carboxylic acids is 1. The van der Waals surface area contributed by atoms with Crippen LogP contribution in [0.3, 0.4) is 0 Å². The Hall–Kier alpha value is -1.81. The Labute approximate surface area is 120 Å². The first-order chi connectivity index (χ1) is 9.16. The van der Waals surface area contributed by atoms with Gasteiger partial charge in [0.25, 0.3) is 0 Å². The van der Waals surface area contributed by atoms with Gasteiger partial charge in [-0.1, -0.05) is 46.3 Å². The minimum Gasteiger partial charge on any atom is -0.492 e. The quantitative estimate of drug-likeness (QED) is 0.913. The van der Waals surface area contributed by atoms with Gasteiger partial charge in [-0.25, -0.2) is 0 Å². The molecule has 0 aliphatic rings. The van der Waals surface area contributed by atoms with Crippen LogP contribution >= 0.6 is 15.9 Å². The summed E-state index contributed by atoms with van der Waals surface area (Å²) >= 11 is 3.34. The SMILES string of the molecule is O=C(O)C(COc1ccc(Br)cc1)c1ccccc1. The third-order valence-corrected chi connectivity index (χ3v) is 3.26. The molecular formula is C15H13BrO3. The standard InChI is InChI=1S/C15H13BrO3/c16-12-6-8-13(9-7-12)19-10-14(15(17)18)11-4-2-1-3-5-11/h1-9,14H,10H2,(H,17,18). The Balaban J connectivity index is 2.06. The fraction of sp³-hybridized carbons (Fsp3) is 0.133. The van der Waals surface area contributed by atoms with E-state index in [-0.39, 0.29) is 6.61 Å². The van der Waals surface area contributed by atoms with E-state index in [1.165, 1.54) is 0 Å². The summed E-state index contributed by atoms with van der Waals surface area (Å²) in [7, 11) is 0. The molecule has 1 unspecified atom stereocenters. The minimum atomic E-state index is -0.886. The molecule has 0 radical (unpaired) electrons. The molecule has 19 heavy (non-hydrogen) atoms. The first-order valence-corrected chi connectivity index (χ1v) is 6.62. The molecule has 4 heteroatoms. The van der Waals surface area contributed by atoms with Gasteiger partial charge >= 0.3 is 5.97 Å². The van der Waals surface area contributed by atoms with Gasteiger partial charge in [0.05, 0.1) is 0 Å². The lowest BCUT2D eigenvalue weighted by molar-refractivity contribution is -0.139. The van der Waals surface area contributed by atoms with E-state index in [2.05, 4.69) is 15.9 Å². The smallest absolute Gasteiger partial charge is 0.314 e. The third kappa shape index (κ3) is 3.83. The van der Waals surface area contributed by atoms with Crippen molar-refractivity contribution in [2.45, 2.75) is 5.92 Å². The largest absolute Gasteiger partial charge is 0.492 e. The highest BCUT2D eigenvalue weighted by atomic mass is 79.9. The molecule has 0 heterocycles. The second-order valence-corrected chi connectivity index (χ2v) is 4.98. The number of benzene rings is 2. The van der Waals surface area contributed by atoms with Gasteiger partial charge in [-0.2, -0.15) is 0 Å². The number of carbonyl (C=O) groups is 1. The predicted octanol–water partition coefficient (Wildman–Crippen LogP) is 3.70. The normalized spacial score (nSPS) is 11.8. The van der Waals surface area contributed by atoms with Crippen LogP contribution in [-0.2, 0) is 4.79 Å². The topological polar surface area (TPSA) is 46.5 Å². The number of halogens is 1. The summed E-state index contributed by atoms with van der Waals surface area (Å²) in [5.41, 5.74) is 0.743. The van der Waals surface area contributed by atoms with E-state index in [9.17, 15) is 9.90 Å². The summed E-state index contributed by atoms with van der Waals surface area (Å²) in [6, 6.07) is 16.4. The number of hydrogen-bond donors (Lipinski definition) is 1. The van der Waals surface area contributed by atoms with Crippen molar-refractivity contribution >= 4 is 21.9 Å². The van der Waals surface area contributed by atoms with Gasteiger partial charge in [-0.3, -0.25) is 4.79 Å². The predicted molar refractivity (Wildman–Crippen MR) is 76.5 cm³/mol. The van der Waals surface area contributed by atoms with Gasteiger partial charge in [0.15, 0.2) is 0 Å². The lowest BCUT2D eigenvalue weighted by atomic mass is 10.0. The molecule has 0 aliphatic carbocycles. The average Bonchev–Trinajstić information content (AvgIpc) is 2.42. The van der Waals surface area contributed by atoms with Crippen molar-refractivity contribution in [3.05, 3.63) is 64.6 Å². The molecule has 1 atom stereocenters. The number of aliphatic carboxylic acids is 1. The van der Waals surface area contributed by atoms with Crippen LogP contribution in [0.15, 0.2) is 59.1 Å². The molecule has 98 valence electrons. The van der Waals surface area contributed by atoms with E-state index < -0.39 is 11.9 Å². The van der Waals surface area contributed by atoms with Crippen LogP contribution in [0.25, 0.3) is 0 Å². The molecule has 0 saturated carbocycles. The van der Waals surface area contributed by atoms with Gasteiger partial charge in [0, 0.05) is 4.47 Å². The maximum atomic E-state index is 11.3. The van der Waals surface area contributed by atoms with Crippen LogP contribution in [0.2, 0.25) is 0 Å². The Bertz CT molecular complexity index is 537. The molecule has 0 aliphatic heterocycles. The zero-order valence-corrected chi connectivity index (χ0v) is 11.7. The molecule has 2 rings (SSSR count). The first-order valence-electron chi connectivity index (χ1n) is 5.83. The van der Waals surface area contributed by atoms with Gasteiger partial charge in [0.1, 0.15) is 18.3 Å². The van der Waals surface area contributed by atoms with Crippen LogP contribution in [0, 0.1) is 0 Å². The molecule has 0 spiro atoms. The lowest BCUT2D eigenvalue weighted by Crippen LogP contribution is -2.19. The molecule has 1 N–H and O–H groups in total. The van der Waals surface area contributed by atoms with Crippen LogP contribution in [0.5, 0.6) is 5.75 Å². The van der Waals surface area contributed by atoms with E-state index in [1.807, 2.05) is 30.3 Å². The van der Waals surface area contributed by atoms with E-state index in [0.29, 0.717) is 5.75 Å². The Morgan fingerprint density at radius 2 is 1.74 bits per heavy atom. The summed E-state index contributed by atoms with van der Waals surface area (Å²) in [5.74, 6) is -0.890. The Morgan fingerprint density at radius 3 is 2.32 bits per heavy atom. The van der Waals surface area contributed by atoms with Gasteiger partial charge in [0.2, 0.25) is 0 Å². The number of carboxylic acid groups (broad SMARTS) is 1. The van der Waals surface area contributed by atoms with Gasteiger partial charge in [-0.15, -0.1) is 0 Å². The van der Waals surface area contributed by atoms with E-state index >= 15 is 0 Å². The van der Waals surface area contributed by atoms with Gasteiger partial charge < -0.3 is 9.84 Å². The van der Waals surface area contributed by atoms with Crippen LogP contribution in [0.1, 0.15) is 11.5 Å². The summed E-state index contributed by atoms with van der Waals surface area (Å²) in [6.45, 7) is 0.112. The van der Waals surface area contributed by atoms with E-state index in [4.69, 9.17) is 4.74 Å². The number of rotatable bonds is 5. The fourth-order valence-electron chi connectivity index (χ4n) is 1.71. The molecule has 2 aromatic rings. The molecule has 0 amide bonds. The zero-order valence-electron chi connectivity index (χ0n) is 10.1.